The number of nitrogens with one attached hydrogen (secondary N) is 1. The molecule has 1 amide bonds. The van der Waals surface area contributed by atoms with Gasteiger partial charge in [-0.05, 0) is 31.9 Å². The summed E-state index contributed by atoms with van der Waals surface area (Å²) in [5.41, 5.74) is 6.02. The predicted molar refractivity (Wildman–Crippen MR) is 121 cm³/mol. The van der Waals surface area contributed by atoms with Crippen molar-refractivity contribution < 1.29 is 14.3 Å². The van der Waals surface area contributed by atoms with Crippen LogP contribution in [0.3, 0.4) is 0 Å². The summed E-state index contributed by atoms with van der Waals surface area (Å²) >= 11 is 0. The van der Waals surface area contributed by atoms with Crippen LogP contribution in [0, 0.1) is 6.92 Å². The SMILES string of the molecule is CCCCn1c(N)c(N(CCOC)C(=O)CCCOc2ccc(C)cc2)c(=O)[nH]c1=O. The third-order valence-electron chi connectivity index (χ3n) is 4.86. The summed E-state index contributed by atoms with van der Waals surface area (Å²) in [5.74, 6) is 0.433. The number of carbonyl (C=O) groups excluding carboxylic acids is 1. The summed E-state index contributed by atoms with van der Waals surface area (Å²) < 4.78 is 12.1. The number of benzene rings is 1. The highest BCUT2D eigenvalue weighted by Crippen LogP contribution is 2.19. The first kappa shape index (κ1) is 24.2. The molecule has 0 aliphatic rings. The normalized spacial score (nSPS) is 10.8. The van der Waals surface area contributed by atoms with Crippen LogP contribution >= 0.6 is 0 Å². The molecule has 0 fully saturated rings. The zero-order valence-electron chi connectivity index (χ0n) is 18.5. The van der Waals surface area contributed by atoms with Crippen LogP contribution < -0.4 is 26.6 Å². The molecule has 0 bridgehead atoms. The Morgan fingerprint density at radius 2 is 1.87 bits per heavy atom. The van der Waals surface area contributed by atoms with E-state index >= 15 is 0 Å². The van der Waals surface area contributed by atoms with Crippen molar-refractivity contribution in [1.82, 2.24) is 9.55 Å². The van der Waals surface area contributed by atoms with Crippen LogP contribution in [-0.4, -0.2) is 42.3 Å². The zero-order valence-corrected chi connectivity index (χ0v) is 18.5. The average Bonchev–Trinajstić information content (AvgIpc) is 2.74. The number of aromatic amines is 1. The Hall–Kier alpha value is -3.07. The maximum absolute atomic E-state index is 12.9. The first-order valence-electron chi connectivity index (χ1n) is 10.5. The largest absolute Gasteiger partial charge is 0.494 e. The lowest BCUT2D eigenvalue weighted by Gasteiger charge is -2.24. The van der Waals surface area contributed by atoms with Crippen LogP contribution in [0.5, 0.6) is 5.75 Å². The summed E-state index contributed by atoms with van der Waals surface area (Å²) in [6.07, 6.45) is 2.19. The first-order chi connectivity index (χ1) is 14.9. The van der Waals surface area contributed by atoms with Crippen LogP contribution in [-0.2, 0) is 16.1 Å². The quantitative estimate of drug-likeness (QED) is 0.496. The van der Waals surface area contributed by atoms with E-state index in [9.17, 15) is 14.4 Å². The van der Waals surface area contributed by atoms with Crippen molar-refractivity contribution in [3.8, 4) is 5.75 Å². The number of nitrogen functional groups attached to an aromatic ring is 1. The van der Waals surface area contributed by atoms with Gasteiger partial charge >= 0.3 is 5.69 Å². The Morgan fingerprint density at radius 1 is 1.16 bits per heavy atom. The van der Waals surface area contributed by atoms with E-state index in [4.69, 9.17) is 15.2 Å². The van der Waals surface area contributed by atoms with E-state index in [0.29, 0.717) is 19.6 Å². The Morgan fingerprint density at radius 3 is 2.52 bits per heavy atom. The molecule has 0 aliphatic carbocycles. The van der Waals surface area contributed by atoms with Crippen molar-refractivity contribution in [3.63, 3.8) is 0 Å². The van der Waals surface area contributed by atoms with Crippen molar-refractivity contribution >= 4 is 17.4 Å². The minimum atomic E-state index is -0.685. The number of hydrogen-bond acceptors (Lipinski definition) is 6. The lowest BCUT2D eigenvalue weighted by molar-refractivity contribution is -0.119. The second kappa shape index (κ2) is 11.9. The number of aryl methyl sites for hydroxylation is 1. The van der Waals surface area contributed by atoms with Crippen molar-refractivity contribution in [2.75, 3.05) is 37.5 Å². The van der Waals surface area contributed by atoms with Crippen LogP contribution in [0.1, 0.15) is 38.2 Å². The molecule has 1 aromatic heterocycles. The molecule has 1 heterocycles. The number of hydrogen-bond donors (Lipinski definition) is 2. The molecule has 0 saturated carbocycles. The van der Waals surface area contributed by atoms with E-state index < -0.39 is 11.2 Å². The smallest absolute Gasteiger partial charge is 0.330 e. The molecule has 9 heteroatoms. The van der Waals surface area contributed by atoms with E-state index in [1.165, 1.54) is 16.6 Å². The lowest BCUT2D eigenvalue weighted by Crippen LogP contribution is -2.42. The van der Waals surface area contributed by atoms with Gasteiger partial charge in [0.1, 0.15) is 11.6 Å². The van der Waals surface area contributed by atoms with Gasteiger partial charge in [0.05, 0.1) is 13.2 Å². The Labute approximate surface area is 181 Å². The monoisotopic (exact) mass is 432 g/mol. The minimum absolute atomic E-state index is 0.0115. The van der Waals surface area contributed by atoms with Gasteiger partial charge in [0.25, 0.3) is 5.56 Å². The van der Waals surface area contributed by atoms with Gasteiger partial charge < -0.3 is 20.1 Å². The van der Waals surface area contributed by atoms with Gasteiger partial charge in [0.15, 0.2) is 5.69 Å². The fraction of sp³-hybridized carbons (Fsp3) is 0.500. The molecule has 0 spiro atoms. The second-order valence-electron chi connectivity index (χ2n) is 7.30. The molecule has 2 rings (SSSR count). The molecule has 0 radical (unpaired) electrons. The van der Waals surface area contributed by atoms with Gasteiger partial charge in [-0.1, -0.05) is 31.0 Å². The highest BCUT2D eigenvalue weighted by atomic mass is 16.5. The van der Waals surface area contributed by atoms with Crippen LogP contribution in [0.2, 0.25) is 0 Å². The molecule has 170 valence electrons. The van der Waals surface area contributed by atoms with Crippen LogP contribution in [0.15, 0.2) is 33.9 Å². The summed E-state index contributed by atoms with van der Waals surface area (Å²) in [6.45, 7) is 5.07. The molecule has 2 aromatic rings. The number of ether oxygens (including phenoxy) is 2. The molecule has 9 nitrogen and oxygen atoms in total. The molecule has 0 unspecified atom stereocenters. The third kappa shape index (κ3) is 6.71. The van der Waals surface area contributed by atoms with Gasteiger partial charge in [0, 0.05) is 26.6 Å². The van der Waals surface area contributed by atoms with Gasteiger partial charge in [-0.3, -0.25) is 19.1 Å². The summed E-state index contributed by atoms with van der Waals surface area (Å²) in [5, 5.41) is 0. The zero-order chi connectivity index (χ0) is 22.8. The van der Waals surface area contributed by atoms with Crippen LogP contribution in [0.4, 0.5) is 11.5 Å². The third-order valence-corrected chi connectivity index (χ3v) is 4.86. The maximum atomic E-state index is 12.9. The highest BCUT2D eigenvalue weighted by molar-refractivity contribution is 5.95. The summed E-state index contributed by atoms with van der Waals surface area (Å²) in [6, 6.07) is 7.66. The number of unbranched alkanes of at least 4 members (excludes halogenated alkanes) is 1. The van der Waals surface area contributed by atoms with Crippen LogP contribution in [0.25, 0.3) is 0 Å². The molecule has 3 N–H and O–H groups in total. The number of methoxy groups -OCH3 is 1. The van der Waals surface area contributed by atoms with E-state index in [-0.39, 0.29) is 37.0 Å². The Bertz CT molecular complexity index is 965. The van der Waals surface area contributed by atoms with E-state index in [1.54, 1.807) is 0 Å². The van der Waals surface area contributed by atoms with Gasteiger partial charge in [0.2, 0.25) is 5.91 Å². The molecular formula is C22H32N4O5. The average molecular weight is 433 g/mol. The standard InChI is InChI=1S/C22H32N4O5/c1-4-5-12-26-20(23)19(21(28)24-22(26)29)25(13-15-30-3)18(27)7-6-14-31-17-10-8-16(2)9-11-17/h8-11H,4-7,12-15,23H2,1-3H3,(H,24,28,29). The van der Waals surface area contributed by atoms with Crippen molar-refractivity contribution in [1.29, 1.82) is 0 Å². The summed E-state index contributed by atoms with van der Waals surface area (Å²) in [4.78, 5) is 41.2. The highest BCUT2D eigenvalue weighted by Gasteiger charge is 2.23. The van der Waals surface area contributed by atoms with E-state index in [0.717, 1.165) is 24.2 Å². The molecular weight excluding hydrogens is 400 g/mol. The molecule has 1 aromatic carbocycles. The second-order valence-corrected chi connectivity index (χ2v) is 7.30. The Balaban J connectivity index is 2.14. The number of anilines is 2. The fourth-order valence-corrected chi connectivity index (χ4v) is 3.10. The van der Waals surface area contributed by atoms with Gasteiger partial charge in [-0.15, -0.1) is 0 Å². The number of rotatable bonds is 12. The minimum Gasteiger partial charge on any atom is -0.494 e. The molecule has 0 aliphatic heterocycles. The Kier molecular flexibility index (Phi) is 9.33. The number of amides is 1. The molecule has 31 heavy (non-hydrogen) atoms. The van der Waals surface area contributed by atoms with Crippen molar-refractivity contribution in [3.05, 3.63) is 50.7 Å². The number of nitrogens with zero attached hydrogens (tertiary/aromatic N) is 2. The van der Waals surface area contributed by atoms with E-state index in [1.807, 2.05) is 38.1 Å². The molecule has 0 saturated heterocycles. The van der Waals surface area contributed by atoms with Crippen molar-refractivity contribution in [2.45, 2.75) is 46.1 Å². The maximum Gasteiger partial charge on any atom is 0.330 e. The number of aromatic nitrogens is 2. The number of H-pyrrole nitrogens is 1. The molecule has 0 atom stereocenters. The van der Waals surface area contributed by atoms with Gasteiger partial charge in [-0.25, -0.2) is 4.79 Å². The first-order valence-corrected chi connectivity index (χ1v) is 10.5. The predicted octanol–water partition coefficient (Wildman–Crippen LogP) is 2.07. The van der Waals surface area contributed by atoms with E-state index in [2.05, 4.69) is 4.98 Å². The van der Waals surface area contributed by atoms with Crippen molar-refractivity contribution in [2.24, 2.45) is 0 Å². The topological polar surface area (TPSA) is 120 Å². The summed E-state index contributed by atoms with van der Waals surface area (Å²) in [7, 11) is 1.51. The fourth-order valence-electron chi connectivity index (χ4n) is 3.10. The number of nitrogens with two attached hydrogens (primary N) is 1. The lowest BCUT2D eigenvalue weighted by atomic mass is 10.2. The van der Waals surface area contributed by atoms with Gasteiger partial charge in [-0.2, -0.15) is 0 Å². The number of carbonyl (C=O) groups is 1.